The number of carboxylic acids is 1. The summed E-state index contributed by atoms with van der Waals surface area (Å²) in [5.74, 6) is -1.18. The average molecular weight is 474 g/mol. The first-order chi connectivity index (χ1) is 16.1. The topological polar surface area (TPSA) is 105 Å². The van der Waals surface area contributed by atoms with Crippen molar-refractivity contribution in [3.63, 3.8) is 0 Å². The number of benzene rings is 2. The minimum Gasteiger partial charge on any atom is -0.481 e. The third-order valence-corrected chi connectivity index (χ3v) is 5.36. The van der Waals surface area contributed by atoms with E-state index in [-0.39, 0.29) is 12.5 Å². The molecule has 0 bridgehead atoms. The van der Waals surface area contributed by atoms with Crippen LogP contribution in [0.1, 0.15) is 29.9 Å². The molecule has 3 rings (SSSR count). The lowest BCUT2D eigenvalue weighted by Crippen LogP contribution is -2.54. The Labute approximate surface area is 193 Å². The highest BCUT2D eigenvalue weighted by atomic mass is 19.4. The molecule has 2 aromatic rings. The molecule has 2 aromatic carbocycles. The number of hydrogen-bond acceptors (Lipinski definition) is 4. The highest BCUT2D eigenvalue weighted by Crippen LogP contribution is 2.44. The molecule has 0 fully saturated rings. The second kappa shape index (κ2) is 10.3. The maximum absolute atomic E-state index is 13.1. The number of ether oxygens (including phenoxy) is 1. The van der Waals surface area contributed by atoms with E-state index in [1.807, 2.05) is 48.5 Å². The Balaban J connectivity index is 1.66. The number of alkyl halides is 3. The first-order valence-electron chi connectivity index (χ1n) is 10.3. The number of nitrogens with one attached hydrogen (secondary N) is 2. The number of terminal acetylenes is 1. The Morgan fingerprint density at radius 2 is 1.59 bits per heavy atom. The van der Waals surface area contributed by atoms with Crippen molar-refractivity contribution in [2.75, 3.05) is 6.61 Å². The Hall–Kier alpha value is -4.00. The lowest BCUT2D eigenvalue weighted by Gasteiger charge is -2.23. The van der Waals surface area contributed by atoms with Gasteiger partial charge in [0.1, 0.15) is 18.7 Å². The van der Waals surface area contributed by atoms with Crippen molar-refractivity contribution < 1.29 is 37.4 Å². The number of carboxylic acid groups (broad SMARTS) is 1. The fourth-order valence-electron chi connectivity index (χ4n) is 3.80. The Morgan fingerprint density at radius 1 is 1.03 bits per heavy atom. The molecule has 1 aliphatic carbocycles. The number of carbonyl (C=O) groups excluding carboxylic acids is 2. The molecule has 0 aliphatic heterocycles. The molecule has 178 valence electrons. The van der Waals surface area contributed by atoms with Crippen LogP contribution in [0.3, 0.4) is 0 Å². The monoisotopic (exact) mass is 474 g/mol. The maximum atomic E-state index is 13.1. The van der Waals surface area contributed by atoms with Gasteiger partial charge in [0.15, 0.2) is 0 Å². The first kappa shape index (κ1) is 24.6. The van der Waals surface area contributed by atoms with E-state index in [4.69, 9.17) is 16.3 Å². The summed E-state index contributed by atoms with van der Waals surface area (Å²) in [7, 11) is 0. The summed E-state index contributed by atoms with van der Waals surface area (Å²) in [5.41, 5.74) is 3.92. The van der Waals surface area contributed by atoms with Crippen molar-refractivity contribution in [1.82, 2.24) is 10.6 Å². The van der Waals surface area contributed by atoms with Crippen molar-refractivity contribution >= 4 is 18.0 Å². The van der Waals surface area contributed by atoms with Crippen LogP contribution in [0.15, 0.2) is 48.5 Å². The van der Waals surface area contributed by atoms with Crippen molar-refractivity contribution in [1.29, 1.82) is 0 Å². The van der Waals surface area contributed by atoms with Crippen molar-refractivity contribution in [3.05, 3.63) is 59.7 Å². The summed E-state index contributed by atoms with van der Waals surface area (Å²) in [5, 5.41) is 12.4. The van der Waals surface area contributed by atoms with Gasteiger partial charge in [-0.1, -0.05) is 48.5 Å². The van der Waals surface area contributed by atoms with E-state index in [0.29, 0.717) is 0 Å². The lowest BCUT2D eigenvalue weighted by atomic mass is 9.98. The predicted molar refractivity (Wildman–Crippen MR) is 116 cm³/mol. The molecule has 1 aliphatic rings. The third-order valence-electron chi connectivity index (χ3n) is 5.36. The molecule has 2 unspecified atom stereocenters. The summed E-state index contributed by atoms with van der Waals surface area (Å²) in [4.78, 5) is 35.4. The van der Waals surface area contributed by atoms with E-state index in [0.717, 1.165) is 22.3 Å². The van der Waals surface area contributed by atoms with Crippen LogP contribution in [0.4, 0.5) is 18.0 Å². The van der Waals surface area contributed by atoms with Gasteiger partial charge >= 0.3 is 18.2 Å². The van der Waals surface area contributed by atoms with E-state index in [9.17, 15) is 27.6 Å². The highest BCUT2D eigenvalue weighted by molar-refractivity contribution is 5.86. The molecule has 0 saturated carbocycles. The summed E-state index contributed by atoms with van der Waals surface area (Å²) in [6.45, 7) is -0.0750. The van der Waals surface area contributed by atoms with Crippen LogP contribution >= 0.6 is 0 Å². The van der Waals surface area contributed by atoms with Gasteiger partial charge in [0.2, 0.25) is 5.91 Å². The van der Waals surface area contributed by atoms with Crippen LogP contribution in [0.5, 0.6) is 0 Å². The van der Waals surface area contributed by atoms with Gasteiger partial charge in [0, 0.05) is 12.3 Å². The van der Waals surface area contributed by atoms with E-state index in [1.54, 1.807) is 5.32 Å². The van der Waals surface area contributed by atoms with Crippen LogP contribution < -0.4 is 10.6 Å². The van der Waals surface area contributed by atoms with E-state index in [2.05, 4.69) is 11.2 Å². The van der Waals surface area contributed by atoms with Gasteiger partial charge in [-0.15, -0.1) is 12.3 Å². The van der Waals surface area contributed by atoms with Crippen LogP contribution in [-0.2, 0) is 14.3 Å². The maximum Gasteiger partial charge on any atom is 0.409 e. The Kier molecular flexibility index (Phi) is 7.46. The molecule has 3 N–H and O–H groups in total. The summed E-state index contributed by atoms with van der Waals surface area (Å²) in [6, 6.07) is 11.1. The van der Waals surface area contributed by atoms with Gasteiger partial charge in [-0.3, -0.25) is 9.59 Å². The van der Waals surface area contributed by atoms with E-state index in [1.165, 1.54) is 0 Å². The number of rotatable bonds is 8. The number of aliphatic carboxylic acids is 1. The number of hydrogen-bond donors (Lipinski definition) is 3. The van der Waals surface area contributed by atoms with E-state index < -0.39 is 49.1 Å². The number of amides is 2. The number of halogens is 3. The molecule has 0 heterocycles. The Bertz CT molecular complexity index is 1080. The molecule has 7 nitrogen and oxygen atoms in total. The van der Waals surface area contributed by atoms with Gasteiger partial charge in [-0.2, -0.15) is 13.2 Å². The summed E-state index contributed by atoms with van der Waals surface area (Å²) in [6.07, 6.45) is -2.66. The van der Waals surface area contributed by atoms with E-state index >= 15 is 0 Å². The number of alkyl carbamates (subject to hydrolysis) is 1. The minimum atomic E-state index is -5.00. The quantitative estimate of drug-likeness (QED) is 0.509. The second-order valence-corrected chi connectivity index (χ2v) is 7.63. The fraction of sp³-hybridized carbons (Fsp3) is 0.292. The van der Waals surface area contributed by atoms with Crippen LogP contribution in [0.25, 0.3) is 11.1 Å². The number of fused-ring (bicyclic) bond motifs is 3. The molecule has 0 saturated heterocycles. The SMILES string of the molecule is C#CCC(NC(=O)OCC1c2ccccc2-c2ccccc21)C(=O)NC(CC(=O)O)C(F)(F)F. The molecular weight excluding hydrogens is 453 g/mol. The molecule has 10 heteroatoms. The standard InChI is InChI=1S/C24H21F3N2O5/c1-2-7-19(22(32)29-20(12-21(30)31)24(25,26)27)28-23(33)34-13-18-16-10-5-3-8-14(16)15-9-4-6-11-17(15)18/h1,3-6,8-11,18-20H,7,12-13H2,(H,28,33)(H,29,32)(H,30,31). The van der Waals surface area contributed by atoms with Gasteiger partial charge in [0.25, 0.3) is 0 Å². The van der Waals surface area contributed by atoms with Crippen molar-refractivity contribution in [3.8, 4) is 23.5 Å². The van der Waals surface area contributed by atoms with Crippen LogP contribution in [0, 0.1) is 12.3 Å². The minimum absolute atomic E-state index is 0.0750. The van der Waals surface area contributed by atoms with Crippen molar-refractivity contribution in [2.45, 2.75) is 37.0 Å². The average Bonchev–Trinajstić information content (AvgIpc) is 3.10. The van der Waals surface area contributed by atoms with Crippen LogP contribution in [-0.4, -0.2) is 47.9 Å². The van der Waals surface area contributed by atoms with Gasteiger partial charge in [-0.25, -0.2) is 4.79 Å². The zero-order valence-corrected chi connectivity index (χ0v) is 17.8. The highest BCUT2D eigenvalue weighted by Gasteiger charge is 2.43. The Morgan fingerprint density at radius 3 is 2.09 bits per heavy atom. The van der Waals surface area contributed by atoms with Gasteiger partial charge in [-0.05, 0) is 22.3 Å². The predicted octanol–water partition coefficient (Wildman–Crippen LogP) is 3.44. The summed E-state index contributed by atoms with van der Waals surface area (Å²) >= 11 is 0. The normalized spacial score (nSPS) is 14.2. The first-order valence-corrected chi connectivity index (χ1v) is 10.3. The molecule has 0 aromatic heterocycles. The lowest BCUT2D eigenvalue weighted by molar-refractivity contribution is -0.170. The molecule has 34 heavy (non-hydrogen) atoms. The van der Waals surface area contributed by atoms with Crippen molar-refractivity contribution in [2.24, 2.45) is 0 Å². The fourth-order valence-corrected chi connectivity index (χ4v) is 3.80. The molecule has 0 spiro atoms. The molecule has 2 atom stereocenters. The second-order valence-electron chi connectivity index (χ2n) is 7.63. The zero-order chi connectivity index (χ0) is 24.9. The number of carbonyl (C=O) groups is 3. The smallest absolute Gasteiger partial charge is 0.409 e. The molecular formula is C24H21F3N2O5. The summed E-state index contributed by atoms with van der Waals surface area (Å²) < 4.78 is 44.5. The van der Waals surface area contributed by atoms with Gasteiger partial charge < -0.3 is 20.5 Å². The zero-order valence-electron chi connectivity index (χ0n) is 17.8. The molecule has 2 amide bonds. The molecule has 0 radical (unpaired) electrons. The van der Waals surface area contributed by atoms with Crippen LogP contribution in [0.2, 0.25) is 0 Å². The largest absolute Gasteiger partial charge is 0.481 e. The van der Waals surface area contributed by atoms with Gasteiger partial charge in [0.05, 0.1) is 6.42 Å². The third kappa shape index (κ3) is 5.67.